The van der Waals surface area contributed by atoms with Gasteiger partial charge in [-0.05, 0) is 19.9 Å². The van der Waals surface area contributed by atoms with E-state index in [1.54, 1.807) is 6.20 Å². The van der Waals surface area contributed by atoms with Crippen molar-refractivity contribution in [3.05, 3.63) is 41.9 Å². The standard InChI is InChI=1S/C18H23N3O2/c1-13-3-5-14(6-4-13)16-12-20-17(23-16)7-8-18(22)21(2)15-9-10-19-11-15/h3-6,12,15,19H,7-11H2,1-2H3. The fraction of sp³-hybridized carbons (Fsp3) is 0.444. The van der Waals surface area contributed by atoms with Crippen LogP contribution in [0.5, 0.6) is 0 Å². The summed E-state index contributed by atoms with van der Waals surface area (Å²) in [6, 6.07) is 8.45. The molecule has 1 amide bonds. The van der Waals surface area contributed by atoms with Crippen molar-refractivity contribution >= 4 is 5.91 Å². The minimum atomic E-state index is 0.147. The molecule has 1 aromatic heterocycles. The Labute approximate surface area is 136 Å². The lowest BCUT2D eigenvalue weighted by Gasteiger charge is -2.23. The van der Waals surface area contributed by atoms with Crippen molar-refractivity contribution in [2.75, 3.05) is 20.1 Å². The van der Waals surface area contributed by atoms with Crippen molar-refractivity contribution in [1.29, 1.82) is 0 Å². The number of carbonyl (C=O) groups excluding carboxylic acids is 1. The molecule has 1 aliphatic rings. The highest BCUT2D eigenvalue weighted by molar-refractivity contribution is 5.76. The summed E-state index contributed by atoms with van der Waals surface area (Å²) in [6.07, 6.45) is 3.73. The molecule has 0 aliphatic carbocycles. The second-order valence-electron chi connectivity index (χ2n) is 6.14. The van der Waals surface area contributed by atoms with Crippen molar-refractivity contribution in [2.45, 2.75) is 32.2 Å². The maximum atomic E-state index is 12.2. The van der Waals surface area contributed by atoms with Crippen LogP contribution in [0.25, 0.3) is 11.3 Å². The van der Waals surface area contributed by atoms with E-state index in [9.17, 15) is 4.79 Å². The molecule has 0 spiro atoms. The fourth-order valence-electron chi connectivity index (χ4n) is 2.84. The molecule has 1 atom stereocenters. The van der Waals surface area contributed by atoms with Crippen molar-refractivity contribution in [3.8, 4) is 11.3 Å². The van der Waals surface area contributed by atoms with Crippen LogP contribution in [0.1, 0.15) is 24.3 Å². The van der Waals surface area contributed by atoms with Crippen LogP contribution in [0.4, 0.5) is 0 Å². The molecule has 1 N–H and O–H groups in total. The van der Waals surface area contributed by atoms with Crippen LogP contribution >= 0.6 is 0 Å². The van der Waals surface area contributed by atoms with Crippen LogP contribution < -0.4 is 5.32 Å². The summed E-state index contributed by atoms with van der Waals surface area (Å²) in [4.78, 5) is 18.4. The summed E-state index contributed by atoms with van der Waals surface area (Å²) in [5.74, 6) is 1.52. The zero-order chi connectivity index (χ0) is 16.2. The molecular weight excluding hydrogens is 290 g/mol. The topological polar surface area (TPSA) is 58.4 Å². The van der Waals surface area contributed by atoms with Gasteiger partial charge < -0.3 is 14.6 Å². The van der Waals surface area contributed by atoms with Crippen LogP contribution in [0, 0.1) is 6.92 Å². The maximum absolute atomic E-state index is 12.2. The number of hydrogen-bond acceptors (Lipinski definition) is 4. The highest BCUT2D eigenvalue weighted by atomic mass is 16.4. The molecule has 2 heterocycles. The van der Waals surface area contributed by atoms with Gasteiger partial charge in [-0.2, -0.15) is 0 Å². The van der Waals surface area contributed by atoms with Gasteiger partial charge in [0.1, 0.15) is 0 Å². The van der Waals surface area contributed by atoms with Gasteiger partial charge in [0.05, 0.1) is 6.20 Å². The zero-order valence-electron chi connectivity index (χ0n) is 13.7. The first-order chi connectivity index (χ1) is 11.1. The molecule has 2 aromatic rings. The van der Waals surface area contributed by atoms with Gasteiger partial charge in [0.25, 0.3) is 0 Å². The first-order valence-corrected chi connectivity index (χ1v) is 8.11. The summed E-state index contributed by atoms with van der Waals surface area (Å²) in [5.41, 5.74) is 2.22. The SMILES string of the molecule is Cc1ccc(-c2cnc(CCC(=O)N(C)C3CCNC3)o2)cc1. The smallest absolute Gasteiger partial charge is 0.223 e. The Hall–Kier alpha value is -2.14. The summed E-state index contributed by atoms with van der Waals surface area (Å²) in [5, 5.41) is 3.28. The molecule has 1 aromatic carbocycles. The molecule has 5 heteroatoms. The fourth-order valence-corrected chi connectivity index (χ4v) is 2.84. The molecule has 0 saturated carbocycles. The summed E-state index contributed by atoms with van der Waals surface area (Å²) < 4.78 is 5.77. The summed E-state index contributed by atoms with van der Waals surface area (Å²) >= 11 is 0. The number of rotatable bonds is 5. The molecule has 1 saturated heterocycles. The number of likely N-dealkylation sites (N-methyl/N-ethyl adjacent to an activating group) is 1. The van der Waals surface area contributed by atoms with Crippen molar-refractivity contribution in [3.63, 3.8) is 0 Å². The van der Waals surface area contributed by atoms with Gasteiger partial charge in [0.2, 0.25) is 5.91 Å². The number of aromatic nitrogens is 1. The lowest BCUT2D eigenvalue weighted by molar-refractivity contribution is -0.131. The molecular formula is C18H23N3O2. The molecule has 1 unspecified atom stereocenters. The van der Waals surface area contributed by atoms with E-state index in [0.29, 0.717) is 24.8 Å². The van der Waals surface area contributed by atoms with Crippen LogP contribution in [0.2, 0.25) is 0 Å². The van der Waals surface area contributed by atoms with E-state index in [-0.39, 0.29) is 5.91 Å². The number of carbonyl (C=O) groups is 1. The largest absolute Gasteiger partial charge is 0.441 e. The van der Waals surface area contributed by atoms with E-state index >= 15 is 0 Å². The predicted molar refractivity (Wildman–Crippen MR) is 89.0 cm³/mol. The van der Waals surface area contributed by atoms with Crippen LogP contribution in [0.3, 0.4) is 0 Å². The second-order valence-corrected chi connectivity index (χ2v) is 6.14. The molecule has 3 rings (SSSR count). The highest BCUT2D eigenvalue weighted by Gasteiger charge is 2.23. The normalized spacial score (nSPS) is 17.4. The van der Waals surface area contributed by atoms with Crippen LogP contribution in [0.15, 0.2) is 34.9 Å². The first kappa shape index (κ1) is 15.7. The Morgan fingerprint density at radius 1 is 1.39 bits per heavy atom. The lowest BCUT2D eigenvalue weighted by atomic mass is 10.1. The van der Waals surface area contributed by atoms with E-state index < -0.39 is 0 Å². The Balaban J connectivity index is 1.56. The summed E-state index contributed by atoms with van der Waals surface area (Å²) in [7, 11) is 1.88. The minimum absolute atomic E-state index is 0.147. The third-order valence-corrected chi connectivity index (χ3v) is 4.42. The number of hydrogen-bond donors (Lipinski definition) is 1. The molecule has 0 radical (unpaired) electrons. The molecule has 1 fully saturated rings. The molecule has 5 nitrogen and oxygen atoms in total. The van der Waals surface area contributed by atoms with Crippen LogP contribution in [-0.2, 0) is 11.2 Å². The Morgan fingerprint density at radius 3 is 2.87 bits per heavy atom. The average Bonchev–Trinajstić information content (AvgIpc) is 3.24. The summed E-state index contributed by atoms with van der Waals surface area (Å²) in [6.45, 7) is 3.93. The lowest BCUT2D eigenvalue weighted by Crippen LogP contribution is -2.38. The number of nitrogens with one attached hydrogen (secondary N) is 1. The number of oxazole rings is 1. The second kappa shape index (κ2) is 6.96. The molecule has 23 heavy (non-hydrogen) atoms. The monoisotopic (exact) mass is 313 g/mol. The van der Waals surface area contributed by atoms with Gasteiger partial charge >= 0.3 is 0 Å². The van der Waals surface area contributed by atoms with Gasteiger partial charge in [-0.1, -0.05) is 29.8 Å². The Morgan fingerprint density at radius 2 is 2.17 bits per heavy atom. The van der Waals surface area contributed by atoms with Gasteiger partial charge in [-0.25, -0.2) is 4.98 Å². The van der Waals surface area contributed by atoms with E-state index in [1.807, 2.05) is 36.2 Å². The quantitative estimate of drug-likeness (QED) is 0.921. The van der Waals surface area contributed by atoms with Crippen molar-refractivity contribution in [2.24, 2.45) is 0 Å². The Bertz CT molecular complexity index is 657. The van der Waals surface area contributed by atoms with Gasteiger partial charge in [0, 0.05) is 38.0 Å². The van der Waals surface area contributed by atoms with Gasteiger partial charge in [-0.3, -0.25) is 4.79 Å². The maximum Gasteiger partial charge on any atom is 0.223 e. The minimum Gasteiger partial charge on any atom is -0.441 e. The van der Waals surface area contributed by atoms with Gasteiger partial charge in [-0.15, -0.1) is 0 Å². The van der Waals surface area contributed by atoms with E-state index in [1.165, 1.54) is 5.56 Å². The van der Waals surface area contributed by atoms with Crippen molar-refractivity contribution in [1.82, 2.24) is 15.2 Å². The number of nitrogens with zero attached hydrogens (tertiary/aromatic N) is 2. The predicted octanol–water partition coefficient (Wildman–Crippen LogP) is 2.40. The Kier molecular flexibility index (Phi) is 4.76. The molecule has 122 valence electrons. The van der Waals surface area contributed by atoms with E-state index in [0.717, 1.165) is 30.8 Å². The van der Waals surface area contributed by atoms with Crippen LogP contribution in [-0.4, -0.2) is 42.0 Å². The first-order valence-electron chi connectivity index (χ1n) is 8.11. The van der Waals surface area contributed by atoms with E-state index in [2.05, 4.69) is 17.2 Å². The number of benzene rings is 1. The molecule has 1 aliphatic heterocycles. The number of amides is 1. The zero-order valence-corrected chi connectivity index (χ0v) is 13.7. The third kappa shape index (κ3) is 3.79. The van der Waals surface area contributed by atoms with Crippen molar-refractivity contribution < 1.29 is 9.21 Å². The highest BCUT2D eigenvalue weighted by Crippen LogP contribution is 2.21. The van der Waals surface area contributed by atoms with E-state index in [4.69, 9.17) is 4.42 Å². The third-order valence-electron chi connectivity index (χ3n) is 4.42. The molecule has 0 bridgehead atoms. The average molecular weight is 313 g/mol. The number of aryl methyl sites for hydroxylation is 2. The van der Waals surface area contributed by atoms with Gasteiger partial charge in [0.15, 0.2) is 11.7 Å².